The van der Waals surface area contributed by atoms with Crippen molar-refractivity contribution in [3.05, 3.63) is 58.9 Å². The first-order valence-electron chi connectivity index (χ1n) is 6.59. The fourth-order valence-electron chi connectivity index (χ4n) is 1.86. The Morgan fingerprint density at radius 3 is 2.67 bits per heavy atom. The molecule has 0 radical (unpaired) electrons. The summed E-state index contributed by atoms with van der Waals surface area (Å²) in [4.78, 5) is 4.51. The first-order chi connectivity index (χ1) is 10.2. The van der Waals surface area contributed by atoms with Gasteiger partial charge in [0.15, 0.2) is 0 Å². The van der Waals surface area contributed by atoms with Crippen LogP contribution in [0, 0.1) is 13.8 Å². The lowest BCUT2D eigenvalue weighted by atomic mass is 10.1. The van der Waals surface area contributed by atoms with E-state index in [1.165, 1.54) is 16.9 Å². The van der Waals surface area contributed by atoms with Crippen LogP contribution in [0.2, 0.25) is 0 Å². The summed E-state index contributed by atoms with van der Waals surface area (Å²) in [7, 11) is 0. The Balaban J connectivity index is 1.67. The third-order valence-corrected chi connectivity index (χ3v) is 3.71. The molecule has 0 atom stereocenters. The van der Waals surface area contributed by atoms with Crippen LogP contribution in [0.15, 0.2) is 51.3 Å². The number of hydrogen-bond acceptors (Lipinski definition) is 5. The van der Waals surface area contributed by atoms with Gasteiger partial charge in [-0.25, -0.2) is 4.98 Å². The smallest absolute Gasteiger partial charge is 0.203 e. The number of aromatic nitrogens is 1. The largest absolute Gasteiger partial charge is 0.460 e. The molecule has 0 unspecified atom stereocenters. The van der Waals surface area contributed by atoms with Gasteiger partial charge in [-0.05, 0) is 26.0 Å². The van der Waals surface area contributed by atoms with E-state index < -0.39 is 0 Å². The van der Waals surface area contributed by atoms with Gasteiger partial charge >= 0.3 is 0 Å². The van der Waals surface area contributed by atoms with Gasteiger partial charge in [0, 0.05) is 10.9 Å². The number of hydrogen-bond donors (Lipinski definition) is 1. The molecule has 1 N–H and O–H groups in total. The molecule has 2 heterocycles. The molecule has 5 heteroatoms. The molecule has 0 bridgehead atoms. The van der Waals surface area contributed by atoms with Crippen molar-refractivity contribution in [2.45, 2.75) is 13.8 Å². The standard InChI is InChI=1S/C16H15N3OS/c1-11-3-6-13(7-4-11)15-10-21-16(18-15)19-17-9-14-8-5-12(2)20-14/h3-10H,1-2H3,(H,18,19)/b17-9+. The summed E-state index contributed by atoms with van der Waals surface area (Å²) in [6, 6.07) is 12.1. The van der Waals surface area contributed by atoms with Crippen LogP contribution in [0.3, 0.4) is 0 Å². The number of nitrogens with one attached hydrogen (secondary N) is 1. The van der Waals surface area contributed by atoms with Crippen LogP contribution in [0.1, 0.15) is 17.1 Å². The van der Waals surface area contributed by atoms with Crippen molar-refractivity contribution >= 4 is 22.7 Å². The maximum absolute atomic E-state index is 5.40. The summed E-state index contributed by atoms with van der Waals surface area (Å²) >= 11 is 1.52. The van der Waals surface area contributed by atoms with Gasteiger partial charge in [0.1, 0.15) is 11.5 Å². The van der Waals surface area contributed by atoms with Gasteiger partial charge in [-0.1, -0.05) is 29.8 Å². The number of anilines is 1. The Kier molecular flexibility index (Phi) is 3.83. The molecule has 0 aliphatic carbocycles. The molecule has 0 saturated carbocycles. The molecular formula is C16H15N3OS. The van der Waals surface area contributed by atoms with E-state index in [2.05, 4.69) is 46.7 Å². The monoisotopic (exact) mass is 297 g/mol. The molecule has 0 amide bonds. The van der Waals surface area contributed by atoms with Gasteiger partial charge in [0.25, 0.3) is 0 Å². The molecule has 4 nitrogen and oxygen atoms in total. The number of thiazole rings is 1. The number of furan rings is 1. The van der Waals surface area contributed by atoms with E-state index in [9.17, 15) is 0 Å². The molecule has 106 valence electrons. The van der Waals surface area contributed by atoms with E-state index in [1.54, 1.807) is 6.21 Å². The summed E-state index contributed by atoms with van der Waals surface area (Å²) in [6.07, 6.45) is 1.64. The number of aryl methyl sites for hydroxylation is 2. The lowest BCUT2D eigenvalue weighted by molar-refractivity contribution is 0.528. The van der Waals surface area contributed by atoms with Crippen LogP contribution in [0.25, 0.3) is 11.3 Å². The van der Waals surface area contributed by atoms with E-state index >= 15 is 0 Å². The Hall–Kier alpha value is -2.40. The number of rotatable bonds is 4. The molecule has 1 aromatic carbocycles. The average Bonchev–Trinajstić information content (AvgIpc) is 3.09. The summed E-state index contributed by atoms with van der Waals surface area (Å²) in [5.41, 5.74) is 6.22. The van der Waals surface area contributed by atoms with Gasteiger partial charge in [0.2, 0.25) is 5.13 Å². The fourth-order valence-corrected chi connectivity index (χ4v) is 2.52. The molecule has 21 heavy (non-hydrogen) atoms. The minimum atomic E-state index is 0.718. The van der Waals surface area contributed by atoms with Crippen molar-refractivity contribution in [2.75, 3.05) is 5.43 Å². The van der Waals surface area contributed by atoms with Crippen molar-refractivity contribution in [1.82, 2.24) is 4.98 Å². The highest BCUT2D eigenvalue weighted by Crippen LogP contribution is 2.25. The quantitative estimate of drug-likeness (QED) is 0.571. The molecular weight excluding hydrogens is 282 g/mol. The maximum Gasteiger partial charge on any atom is 0.203 e. The third kappa shape index (κ3) is 3.38. The first-order valence-corrected chi connectivity index (χ1v) is 7.47. The van der Waals surface area contributed by atoms with E-state index in [-0.39, 0.29) is 0 Å². The summed E-state index contributed by atoms with van der Waals surface area (Å²) in [5, 5.41) is 6.89. The minimum absolute atomic E-state index is 0.718. The van der Waals surface area contributed by atoms with Crippen molar-refractivity contribution in [3.8, 4) is 11.3 Å². The molecule has 0 fully saturated rings. The van der Waals surface area contributed by atoms with Gasteiger partial charge in [0.05, 0.1) is 11.9 Å². The fraction of sp³-hybridized carbons (Fsp3) is 0.125. The van der Waals surface area contributed by atoms with Gasteiger partial charge in [-0.15, -0.1) is 11.3 Å². The van der Waals surface area contributed by atoms with Crippen LogP contribution in [-0.4, -0.2) is 11.2 Å². The second-order valence-corrected chi connectivity index (χ2v) is 5.58. The SMILES string of the molecule is Cc1ccc(-c2csc(N/N=C/c3ccc(C)o3)n2)cc1. The summed E-state index contributed by atoms with van der Waals surface area (Å²) < 4.78 is 5.40. The molecule has 0 aliphatic rings. The molecule has 0 aliphatic heterocycles. The van der Waals surface area contributed by atoms with Crippen LogP contribution in [-0.2, 0) is 0 Å². The van der Waals surface area contributed by atoms with Crippen molar-refractivity contribution in [2.24, 2.45) is 5.10 Å². The van der Waals surface area contributed by atoms with E-state index in [0.717, 1.165) is 27.9 Å². The van der Waals surface area contributed by atoms with Crippen LogP contribution < -0.4 is 5.43 Å². The van der Waals surface area contributed by atoms with Crippen LogP contribution in [0.4, 0.5) is 5.13 Å². The summed E-state index contributed by atoms with van der Waals surface area (Å²) in [6.45, 7) is 3.97. The zero-order valence-electron chi connectivity index (χ0n) is 11.8. The van der Waals surface area contributed by atoms with E-state index in [4.69, 9.17) is 4.42 Å². The molecule has 0 saturated heterocycles. The van der Waals surface area contributed by atoms with Gasteiger partial charge in [-0.2, -0.15) is 5.10 Å². The number of benzene rings is 1. The summed E-state index contributed by atoms with van der Waals surface area (Å²) in [5.74, 6) is 1.59. The maximum atomic E-state index is 5.40. The lowest BCUT2D eigenvalue weighted by Gasteiger charge is -1.97. The highest BCUT2D eigenvalue weighted by atomic mass is 32.1. The molecule has 3 aromatic rings. The van der Waals surface area contributed by atoms with Gasteiger partial charge < -0.3 is 4.42 Å². The van der Waals surface area contributed by atoms with E-state index in [0.29, 0.717) is 0 Å². The predicted octanol–water partition coefficient (Wildman–Crippen LogP) is 4.47. The Bertz CT molecular complexity index is 756. The Morgan fingerprint density at radius 1 is 1.14 bits per heavy atom. The third-order valence-electron chi connectivity index (χ3n) is 2.96. The van der Waals surface area contributed by atoms with Crippen LogP contribution in [0.5, 0.6) is 0 Å². The predicted molar refractivity (Wildman–Crippen MR) is 86.9 cm³/mol. The number of nitrogens with zero attached hydrogens (tertiary/aromatic N) is 2. The highest BCUT2D eigenvalue weighted by molar-refractivity contribution is 7.14. The van der Waals surface area contributed by atoms with Crippen molar-refractivity contribution in [1.29, 1.82) is 0 Å². The zero-order valence-corrected chi connectivity index (χ0v) is 12.6. The van der Waals surface area contributed by atoms with Crippen molar-refractivity contribution < 1.29 is 4.42 Å². The second-order valence-electron chi connectivity index (χ2n) is 4.72. The zero-order chi connectivity index (χ0) is 14.7. The molecule has 0 spiro atoms. The molecule has 3 rings (SSSR count). The minimum Gasteiger partial charge on any atom is -0.460 e. The number of hydrazone groups is 1. The Labute approximate surface area is 127 Å². The Morgan fingerprint density at radius 2 is 1.95 bits per heavy atom. The molecule has 2 aromatic heterocycles. The van der Waals surface area contributed by atoms with Crippen LogP contribution >= 0.6 is 11.3 Å². The van der Waals surface area contributed by atoms with Gasteiger partial charge in [-0.3, -0.25) is 5.43 Å². The topological polar surface area (TPSA) is 50.4 Å². The second kappa shape index (κ2) is 5.93. The first kappa shape index (κ1) is 13.6. The van der Waals surface area contributed by atoms with E-state index in [1.807, 2.05) is 24.4 Å². The highest BCUT2D eigenvalue weighted by Gasteiger charge is 2.03. The lowest BCUT2D eigenvalue weighted by Crippen LogP contribution is -1.89. The average molecular weight is 297 g/mol. The normalized spacial score (nSPS) is 11.1. The van der Waals surface area contributed by atoms with Crippen molar-refractivity contribution in [3.63, 3.8) is 0 Å².